The van der Waals surface area contributed by atoms with Crippen LogP contribution in [0.5, 0.6) is 0 Å². The predicted octanol–water partition coefficient (Wildman–Crippen LogP) is 1.97. The lowest BCUT2D eigenvalue weighted by atomic mass is 10.6. The zero-order valence-electron chi connectivity index (χ0n) is 5.24. The highest BCUT2D eigenvalue weighted by molar-refractivity contribution is 7.99. The zero-order chi connectivity index (χ0) is 6.24. The molecule has 8 heavy (non-hydrogen) atoms. The first-order chi connectivity index (χ1) is 3.91. The van der Waals surface area contributed by atoms with Gasteiger partial charge in [-0.05, 0) is 19.1 Å². The average Bonchev–Trinajstić information content (AvgIpc) is 1.81. The fourth-order valence-corrected chi connectivity index (χ4v) is 0.892. The van der Waals surface area contributed by atoms with Crippen molar-refractivity contribution in [2.45, 2.75) is 13.3 Å². The van der Waals surface area contributed by atoms with Gasteiger partial charge in [0.15, 0.2) is 0 Å². The zero-order valence-corrected chi connectivity index (χ0v) is 6.05. The Bertz CT molecular complexity index is 86.3. The summed E-state index contributed by atoms with van der Waals surface area (Å²) in [5.41, 5.74) is 0. The SMILES string of the molecule is [CH2]CCSCC#CC. The van der Waals surface area contributed by atoms with Crippen LogP contribution in [0.15, 0.2) is 0 Å². The third-order valence-corrected chi connectivity index (χ3v) is 1.57. The van der Waals surface area contributed by atoms with Gasteiger partial charge in [-0.2, -0.15) is 0 Å². The lowest BCUT2D eigenvalue weighted by molar-refractivity contribution is 1.25. The summed E-state index contributed by atoms with van der Waals surface area (Å²) in [6.07, 6.45) is 1.01. The fourth-order valence-electron chi connectivity index (χ4n) is 0.297. The van der Waals surface area contributed by atoms with Crippen molar-refractivity contribution in [2.75, 3.05) is 11.5 Å². The van der Waals surface area contributed by atoms with Crippen LogP contribution in [0.4, 0.5) is 0 Å². The molecule has 0 aliphatic rings. The Morgan fingerprint density at radius 1 is 1.62 bits per heavy atom. The van der Waals surface area contributed by atoms with Crippen LogP contribution in [-0.2, 0) is 0 Å². The molecule has 0 aromatic rings. The Kier molecular flexibility index (Phi) is 6.83. The molecule has 0 saturated carbocycles. The highest BCUT2D eigenvalue weighted by atomic mass is 32.2. The molecule has 0 amide bonds. The van der Waals surface area contributed by atoms with Gasteiger partial charge in [-0.3, -0.25) is 0 Å². The van der Waals surface area contributed by atoms with Crippen molar-refractivity contribution in [1.82, 2.24) is 0 Å². The van der Waals surface area contributed by atoms with Crippen molar-refractivity contribution in [3.63, 3.8) is 0 Å². The van der Waals surface area contributed by atoms with Gasteiger partial charge < -0.3 is 0 Å². The Hall–Kier alpha value is -0.0900. The average molecular weight is 127 g/mol. The molecule has 0 nitrogen and oxygen atoms in total. The van der Waals surface area contributed by atoms with E-state index in [0.717, 1.165) is 17.9 Å². The maximum Gasteiger partial charge on any atom is 0.0547 e. The molecule has 0 bridgehead atoms. The van der Waals surface area contributed by atoms with Crippen LogP contribution in [0.3, 0.4) is 0 Å². The molecular weight excluding hydrogens is 116 g/mol. The summed E-state index contributed by atoms with van der Waals surface area (Å²) in [5, 5.41) is 0. The van der Waals surface area contributed by atoms with Crippen molar-refractivity contribution in [2.24, 2.45) is 0 Å². The van der Waals surface area contributed by atoms with Crippen LogP contribution in [0.2, 0.25) is 0 Å². The molecule has 0 aromatic heterocycles. The van der Waals surface area contributed by atoms with E-state index in [1.165, 1.54) is 0 Å². The topological polar surface area (TPSA) is 0 Å². The largest absolute Gasteiger partial charge is 0.149 e. The van der Waals surface area contributed by atoms with E-state index in [2.05, 4.69) is 18.8 Å². The molecule has 0 N–H and O–H groups in total. The van der Waals surface area contributed by atoms with E-state index in [4.69, 9.17) is 0 Å². The number of thioether (sulfide) groups is 1. The first-order valence-corrected chi connectivity index (χ1v) is 3.84. The summed E-state index contributed by atoms with van der Waals surface area (Å²) in [7, 11) is 0. The highest BCUT2D eigenvalue weighted by Crippen LogP contribution is 1.98. The minimum absolute atomic E-state index is 0.964. The van der Waals surface area contributed by atoms with E-state index >= 15 is 0 Å². The van der Waals surface area contributed by atoms with E-state index in [0.29, 0.717) is 0 Å². The number of hydrogen-bond donors (Lipinski definition) is 0. The van der Waals surface area contributed by atoms with Crippen LogP contribution in [0, 0.1) is 18.8 Å². The molecule has 0 rings (SSSR count). The minimum atomic E-state index is 0.964. The van der Waals surface area contributed by atoms with Gasteiger partial charge in [-0.25, -0.2) is 0 Å². The summed E-state index contributed by atoms with van der Waals surface area (Å²) < 4.78 is 0. The summed E-state index contributed by atoms with van der Waals surface area (Å²) >= 11 is 1.84. The fraction of sp³-hybridized carbons (Fsp3) is 0.571. The molecule has 0 saturated heterocycles. The molecule has 0 heterocycles. The third kappa shape index (κ3) is 5.91. The van der Waals surface area contributed by atoms with Crippen LogP contribution in [-0.4, -0.2) is 11.5 Å². The van der Waals surface area contributed by atoms with Crippen molar-refractivity contribution in [3.8, 4) is 11.8 Å². The molecular formula is C7H11S. The summed E-state index contributed by atoms with van der Waals surface area (Å²) in [4.78, 5) is 0. The van der Waals surface area contributed by atoms with Crippen LogP contribution < -0.4 is 0 Å². The maximum atomic E-state index is 3.71. The standard InChI is InChI=1S/C7H11S/c1-3-5-7-8-6-4-2/h2,4,6-7H2,1H3. The molecule has 1 radical (unpaired) electrons. The van der Waals surface area contributed by atoms with Gasteiger partial charge in [0.25, 0.3) is 0 Å². The summed E-state index contributed by atoms with van der Waals surface area (Å²) in [6.45, 7) is 5.58. The lowest BCUT2D eigenvalue weighted by Gasteiger charge is -1.87. The molecule has 0 atom stereocenters. The van der Waals surface area contributed by atoms with Gasteiger partial charge in [0, 0.05) is 0 Å². The summed E-state index contributed by atoms with van der Waals surface area (Å²) in [6, 6.07) is 0. The second-order valence-electron chi connectivity index (χ2n) is 1.33. The second-order valence-corrected chi connectivity index (χ2v) is 2.44. The van der Waals surface area contributed by atoms with Gasteiger partial charge >= 0.3 is 0 Å². The van der Waals surface area contributed by atoms with E-state index in [9.17, 15) is 0 Å². The maximum absolute atomic E-state index is 3.71. The summed E-state index contributed by atoms with van der Waals surface area (Å²) in [5.74, 6) is 7.90. The van der Waals surface area contributed by atoms with Crippen molar-refractivity contribution < 1.29 is 0 Å². The molecule has 1 heteroatoms. The number of rotatable bonds is 3. The first-order valence-electron chi connectivity index (χ1n) is 2.68. The van der Waals surface area contributed by atoms with E-state index in [-0.39, 0.29) is 0 Å². The van der Waals surface area contributed by atoms with Gasteiger partial charge in [0.05, 0.1) is 5.75 Å². The van der Waals surface area contributed by atoms with Crippen LogP contribution in [0.25, 0.3) is 0 Å². The van der Waals surface area contributed by atoms with E-state index in [1.807, 2.05) is 18.7 Å². The second kappa shape index (κ2) is 6.91. The monoisotopic (exact) mass is 127 g/mol. The quantitative estimate of drug-likeness (QED) is 0.412. The van der Waals surface area contributed by atoms with Gasteiger partial charge in [0.1, 0.15) is 0 Å². The van der Waals surface area contributed by atoms with E-state index in [1.54, 1.807) is 0 Å². The van der Waals surface area contributed by atoms with Gasteiger partial charge in [0.2, 0.25) is 0 Å². The molecule has 0 aliphatic heterocycles. The van der Waals surface area contributed by atoms with Crippen molar-refractivity contribution in [3.05, 3.63) is 6.92 Å². The van der Waals surface area contributed by atoms with Crippen molar-refractivity contribution in [1.29, 1.82) is 0 Å². The van der Waals surface area contributed by atoms with Gasteiger partial charge in [-0.15, -0.1) is 17.7 Å². The first kappa shape index (κ1) is 7.91. The third-order valence-electron chi connectivity index (χ3n) is 0.640. The Morgan fingerprint density at radius 3 is 2.88 bits per heavy atom. The minimum Gasteiger partial charge on any atom is -0.149 e. The molecule has 0 spiro atoms. The predicted molar refractivity (Wildman–Crippen MR) is 40.7 cm³/mol. The molecule has 0 unspecified atom stereocenters. The Balaban J connectivity index is 2.79. The van der Waals surface area contributed by atoms with Gasteiger partial charge in [-0.1, -0.05) is 12.8 Å². The van der Waals surface area contributed by atoms with Crippen molar-refractivity contribution >= 4 is 11.8 Å². The molecule has 0 aliphatic carbocycles. The molecule has 0 aromatic carbocycles. The Labute approximate surface area is 56.1 Å². The normalized spacial score (nSPS) is 7.75. The Morgan fingerprint density at radius 2 is 2.38 bits per heavy atom. The smallest absolute Gasteiger partial charge is 0.0547 e. The highest BCUT2D eigenvalue weighted by Gasteiger charge is 1.78. The van der Waals surface area contributed by atoms with Crippen LogP contribution >= 0.6 is 11.8 Å². The molecule has 45 valence electrons. The van der Waals surface area contributed by atoms with Crippen LogP contribution in [0.1, 0.15) is 13.3 Å². The number of hydrogen-bond acceptors (Lipinski definition) is 1. The van der Waals surface area contributed by atoms with E-state index < -0.39 is 0 Å². The molecule has 0 fully saturated rings. The lowest BCUT2D eigenvalue weighted by Crippen LogP contribution is -1.75.